The van der Waals surface area contributed by atoms with E-state index in [-0.39, 0.29) is 17.8 Å². The zero-order valence-electron chi connectivity index (χ0n) is 11.8. The lowest BCUT2D eigenvalue weighted by Gasteiger charge is -2.07. The van der Waals surface area contributed by atoms with Crippen LogP contribution >= 0.6 is 0 Å². The van der Waals surface area contributed by atoms with Crippen molar-refractivity contribution in [3.05, 3.63) is 19.0 Å². The summed E-state index contributed by atoms with van der Waals surface area (Å²) in [6.45, 7) is 0. The van der Waals surface area contributed by atoms with Crippen molar-refractivity contribution in [2.75, 3.05) is 16.0 Å². The summed E-state index contributed by atoms with van der Waals surface area (Å²) in [5.74, 6) is 1.76. The molecule has 0 saturated heterocycles. The third-order valence-electron chi connectivity index (χ3n) is 2.57. The first-order chi connectivity index (χ1) is 11.8. The highest BCUT2D eigenvalue weighted by Crippen LogP contribution is 2.16. The Balaban J connectivity index is 1.63. The molecule has 0 bridgehead atoms. The molecule has 6 N–H and O–H groups in total. The first kappa shape index (κ1) is 13.5. The second kappa shape index (κ2) is 5.91. The van der Waals surface area contributed by atoms with Crippen molar-refractivity contribution in [1.82, 2.24) is 60.5 Å². The Labute approximate surface area is 132 Å². The van der Waals surface area contributed by atoms with Crippen LogP contribution < -0.4 is 16.0 Å². The number of aromatic nitrogens is 12. The van der Waals surface area contributed by atoms with Crippen LogP contribution in [0.25, 0.3) is 0 Å². The van der Waals surface area contributed by atoms with Crippen molar-refractivity contribution in [3.8, 4) is 0 Å². The van der Waals surface area contributed by atoms with Gasteiger partial charge in [0, 0.05) is 0 Å². The minimum Gasteiger partial charge on any atom is -0.293 e. The minimum atomic E-state index is 0.214. The van der Waals surface area contributed by atoms with Gasteiger partial charge in [-0.2, -0.15) is 45.2 Å². The van der Waals surface area contributed by atoms with Crippen molar-refractivity contribution < 1.29 is 0 Å². The number of anilines is 6. The molecule has 0 fully saturated rings. The molecule has 4 heterocycles. The molecule has 0 aromatic carbocycles. The maximum absolute atomic E-state index is 4.21. The average Bonchev–Trinajstić information content (AvgIpc) is 3.30. The fourth-order valence-corrected chi connectivity index (χ4v) is 1.66. The SMILES string of the molecule is c1n[nH]c(Nc2nc(Nc3ncn[nH]3)nc(Nc3ncn[nH]3)n2)n1. The summed E-state index contributed by atoms with van der Waals surface area (Å²) >= 11 is 0. The van der Waals surface area contributed by atoms with E-state index < -0.39 is 0 Å². The average molecular weight is 327 g/mol. The van der Waals surface area contributed by atoms with E-state index in [1.807, 2.05) is 0 Å². The number of aromatic amines is 3. The topological polar surface area (TPSA) is 199 Å². The van der Waals surface area contributed by atoms with Gasteiger partial charge in [-0.15, -0.1) is 0 Å². The predicted molar refractivity (Wildman–Crippen MR) is 78.8 cm³/mol. The molecule has 4 aromatic heterocycles. The first-order valence-electron chi connectivity index (χ1n) is 6.48. The lowest BCUT2D eigenvalue weighted by Crippen LogP contribution is -2.08. The Kier molecular flexibility index (Phi) is 3.32. The Morgan fingerprint density at radius 2 is 0.875 bits per heavy atom. The molecule has 0 unspecified atom stereocenters. The molecule has 0 aliphatic rings. The highest BCUT2D eigenvalue weighted by molar-refractivity contribution is 5.54. The van der Waals surface area contributed by atoms with Crippen molar-refractivity contribution >= 4 is 35.7 Å². The van der Waals surface area contributed by atoms with Crippen LogP contribution in [0.1, 0.15) is 0 Å². The van der Waals surface area contributed by atoms with E-state index in [0.29, 0.717) is 17.8 Å². The van der Waals surface area contributed by atoms with E-state index in [9.17, 15) is 0 Å². The van der Waals surface area contributed by atoms with Gasteiger partial charge >= 0.3 is 0 Å². The molecule has 0 saturated carbocycles. The van der Waals surface area contributed by atoms with Crippen LogP contribution in [-0.2, 0) is 0 Å². The van der Waals surface area contributed by atoms with Gasteiger partial charge in [0.15, 0.2) is 0 Å². The highest BCUT2D eigenvalue weighted by atomic mass is 15.4. The fraction of sp³-hybridized carbons (Fsp3) is 0. The van der Waals surface area contributed by atoms with Crippen LogP contribution in [0.15, 0.2) is 19.0 Å². The minimum absolute atomic E-state index is 0.214. The summed E-state index contributed by atoms with van der Waals surface area (Å²) in [6, 6.07) is 0. The molecule has 0 aliphatic carbocycles. The quantitative estimate of drug-likeness (QED) is 0.264. The smallest absolute Gasteiger partial charge is 0.236 e. The largest absolute Gasteiger partial charge is 0.293 e. The van der Waals surface area contributed by atoms with Crippen LogP contribution in [0.3, 0.4) is 0 Å². The van der Waals surface area contributed by atoms with E-state index in [1.165, 1.54) is 19.0 Å². The molecule has 15 heteroatoms. The molecule has 4 rings (SSSR count). The number of nitrogens with one attached hydrogen (secondary N) is 6. The lowest BCUT2D eigenvalue weighted by molar-refractivity contribution is 1.02. The van der Waals surface area contributed by atoms with Crippen LogP contribution in [0.4, 0.5) is 35.7 Å². The van der Waals surface area contributed by atoms with E-state index in [0.717, 1.165) is 0 Å². The van der Waals surface area contributed by atoms with E-state index in [4.69, 9.17) is 0 Å². The zero-order valence-corrected chi connectivity index (χ0v) is 11.8. The Bertz CT molecular complexity index is 747. The zero-order chi connectivity index (χ0) is 16.2. The summed E-state index contributed by atoms with van der Waals surface area (Å²) in [5.41, 5.74) is 0. The third-order valence-corrected chi connectivity index (χ3v) is 2.57. The van der Waals surface area contributed by atoms with Gasteiger partial charge in [-0.25, -0.2) is 15.3 Å². The summed E-state index contributed by atoms with van der Waals surface area (Å²) in [5, 5.41) is 27.7. The van der Waals surface area contributed by atoms with Gasteiger partial charge in [0.25, 0.3) is 0 Å². The third kappa shape index (κ3) is 3.03. The Morgan fingerprint density at radius 1 is 0.542 bits per heavy atom. The Morgan fingerprint density at radius 3 is 1.12 bits per heavy atom. The summed E-state index contributed by atoms with van der Waals surface area (Å²) < 4.78 is 0. The summed E-state index contributed by atoms with van der Waals surface area (Å²) in [4.78, 5) is 24.5. The van der Waals surface area contributed by atoms with Gasteiger partial charge in [-0.3, -0.25) is 16.0 Å². The molecular weight excluding hydrogens is 318 g/mol. The van der Waals surface area contributed by atoms with E-state index in [1.54, 1.807) is 0 Å². The Hall–Kier alpha value is -4.17. The number of hydrogen-bond acceptors (Lipinski definition) is 12. The molecule has 0 spiro atoms. The van der Waals surface area contributed by atoms with Gasteiger partial charge in [-0.1, -0.05) is 0 Å². The molecule has 0 amide bonds. The highest BCUT2D eigenvalue weighted by Gasteiger charge is 2.10. The lowest BCUT2D eigenvalue weighted by atomic mass is 10.7. The van der Waals surface area contributed by atoms with Crippen LogP contribution in [-0.4, -0.2) is 60.5 Å². The maximum atomic E-state index is 4.21. The van der Waals surface area contributed by atoms with Crippen LogP contribution in [0, 0.1) is 0 Å². The maximum Gasteiger partial charge on any atom is 0.236 e. The standard InChI is InChI=1S/C9H9N15/c1-10-4(22-13-1)16-7-19-8(17-5-11-2-14-23-5)21-9(20-7)18-6-12-3-15-24-6/h1-3H,(H6,10,11,12,13,14,15,16,17,18,19,20,21,22,23,24). The van der Waals surface area contributed by atoms with E-state index in [2.05, 4.69) is 76.4 Å². The van der Waals surface area contributed by atoms with Gasteiger partial charge in [0.2, 0.25) is 35.7 Å². The predicted octanol–water partition coefficient (Wildman–Crippen LogP) is -0.543. The van der Waals surface area contributed by atoms with Gasteiger partial charge in [0.1, 0.15) is 19.0 Å². The first-order valence-corrected chi connectivity index (χ1v) is 6.48. The normalized spacial score (nSPS) is 10.5. The van der Waals surface area contributed by atoms with Crippen molar-refractivity contribution in [2.24, 2.45) is 0 Å². The molecule has 0 atom stereocenters. The van der Waals surface area contributed by atoms with Crippen molar-refractivity contribution in [1.29, 1.82) is 0 Å². The second-order valence-corrected chi connectivity index (χ2v) is 4.18. The number of rotatable bonds is 6. The van der Waals surface area contributed by atoms with Gasteiger partial charge in [0.05, 0.1) is 0 Å². The van der Waals surface area contributed by atoms with Crippen molar-refractivity contribution in [2.45, 2.75) is 0 Å². The van der Waals surface area contributed by atoms with E-state index >= 15 is 0 Å². The molecular formula is C9H9N15. The monoisotopic (exact) mass is 327 g/mol. The molecule has 4 aromatic rings. The molecule has 120 valence electrons. The summed E-state index contributed by atoms with van der Waals surface area (Å²) in [6.07, 6.45) is 4.06. The fourth-order valence-electron chi connectivity index (χ4n) is 1.66. The number of hydrogen-bond donors (Lipinski definition) is 6. The van der Waals surface area contributed by atoms with Gasteiger partial charge < -0.3 is 0 Å². The van der Waals surface area contributed by atoms with Crippen molar-refractivity contribution in [3.63, 3.8) is 0 Å². The number of H-pyrrole nitrogens is 3. The van der Waals surface area contributed by atoms with Gasteiger partial charge in [-0.05, 0) is 0 Å². The van der Waals surface area contributed by atoms with Crippen LogP contribution in [0.5, 0.6) is 0 Å². The summed E-state index contributed by atoms with van der Waals surface area (Å²) in [7, 11) is 0. The molecule has 0 aliphatic heterocycles. The van der Waals surface area contributed by atoms with Crippen LogP contribution in [0.2, 0.25) is 0 Å². The molecule has 15 nitrogen and oxygen atoms in total. The molecule has 0 radical (unpaired) electrons. The second-order valence-electron chi connectivity index (χ2n) is 4.18. The number of nitrogens with zero attached hydrogens (tertiary/aromatic N) is 9. The molecule has 24 heavy (non-hydrogen) atoms.